The van der Waals surface area contributed by atoms with Crippen molar-refractivity contribution in [3.63, 3.8) is 0 Å². The standard InChI is InChI=1S/C25H37NO2/c1-24-12-4-5-21(24)20-9-7-17-6-8-19(16-25(17,2)22(20)10-13-24)28-18-11-14-26(3)23(27)15-18/h11,14-15,17,19-22H,4-10,12-13,16H2,1-3H3/t17?,19?,20-,21-,22+,24-,25-/m0/s1. The molecule has 2 unspecified atom stereocenters. The zero-order valence-electron chi connectivity index (χ0n) is 18.0. The Labute approximate surface area is 169 Å². The molecule has 4 saturated carbocycles. The van der Waals surface area contributed by atoms with Gasteiger partial charge >= 0.3 is 0 Å². The molecule has 4 aliphatic carbocycles. The molecule has 0 saturated heterocycles. The van der Waals surface area contributed by atoms with Gasteiger partial charge in [-0.25, -0.2) is 0 Å². The van der Waals surface area contributed by atoms with Crippen molar-refractivity contribution in [1.82, 2.24) is 4.57 Å². The average Bonchev–Trinajstić information content (AvgIpc) is 3.06. The highest BCUT2D eigenvalue weighted by molar-refractivity contribution is 5.19. The van der Waals surface area contributed by atoms with Crippen LogP contribution in [0, 0.1) is 34.5 Å². The molecule has 0 N–H and O–H groups in total. The van der Waals surface area contributed by atoms with Crippen molar-refractivity contribution < 1.29 is 4.74 Å². The second-order valence-corrected chi connectivity index (χ2v) is 11.1. The van der Waals surface area contributed by atoms with E-state index in [0.29, 0.717) is 10.8 Å². The Hall–Kier alpha value is -1.25. The number of fused-ring (bicyclic) bond motifs is 5. The molecular weight excluding hydrogens is 346 g/mol. The van der Waals surface area contributed by atoms with Crippen molar-refractivity contribution in [2.45, 2.75) is 84.2 Å². The second-order valence-electron chi connectivity index (χ2n) is 11.1. The molecule has 7 atom stereocenters. The summed E-state index contributed by atoms with van der Waals surface area (Å²) in [6.07, 6.45) is 15.9. The summed E-state index contributed by atoms with van der Waals surface area (Å²) in [5.41, 5.74) is 1.08. The third-order valence-electron chi connectivity index (χ3n) is 9.73. The van der Waals surface area contributed by atoms with Crippen LogP contribution in [0.4, 0.5) is 0 Å². The maximum atomic E-state index is 12.0. The summed E-state index contributed by atoms with van der Waals surface area (Å²) >= 11 is 0. The van der Waals surface area contributed by atoms with Gasteiger partial charge in [0.15, 0.2) is 0 Å². The number of hydrogen-bond acceptors (Lipinski definition) is 2. The Balaban J connectivity index is 1.36. The fourth-order valence-electron chi connectivity index (χ4n) is 8.20. The Morgan fingerprint density at radius 1 is 1.04 bits per heavy atom. The first-order valence-electron chi connectivity index (χ1n) is 11.7. The van der Waals surface area contributed by atoms with E-state index in [1.807, 2.05) is 12.3 Å². The SMILES string of the molecule is Cn1ccc(OC2CCC3CC[C@@H]4[C@@H](CC[C@]5(C)CCC[C@@H]45)[C@@]3(C)C2)cc1=O. The minimum atomic E-state index is 0.0166. The third-order valence-corrected chi connectivity index (χ3v) is 9.73. The van der Waals surface area contributed by atoms with Crippen LogP contribution < -0.4 is 10.3 Å². The average molecular weight is 384 g/mol. The molecule has 0 amide bonds. The van der Waals surface area contributed by atoms with Crippen LogP contribution in [0.15, 0.2) is 23.1 Å². The van der Waals surface area contributed by atoms with Crippen molar-refractivity contribution >= 4 is 0 Å². The number of pyridine rings is 1. The summed E-state index contributed by atoms with van der Waals surface area (Å²) in [5.74, 6) is 4.45. The molecule has 0 radical (unpaired) electrons. The van der Waals surface area contributed by atoms with Gasteiger partial charge in [-0.15, -0.1) is 0 Å². The molecule has 3 heteroatoms. The van der Waals surface area contributed by atoms with Crippen LogP contribution in [0.25, 0.3) is 0 Å². The van der Waals surface area contributed by atoms with Crippen LogP contribution in [0.2, 0.25) is 0 Å². The molecule has 0 aliphatic heterocycles. The molecule has 1 aromatic rings. The Kier molecular flexibility index (Phi) is 4.45. The van der Waals surface area contributed by atoms with E-state index in [1.165, 1.54) is 57.8 Å². The van der Waals surface area contributed by atoms with E-state index in [9.17, 15) is 4.79 Å². The van der Waals surface area contributed by atoms with E-state index in [4.69, 9.17) is 4.74 Å². The number of aryl methyl sites for hydroxylation is 1. The van der Waals surface area contributed by atoms with Crippen molar-refractivity contribution in [3.8, 4) is 5.75 Å². The van der Waals surface area contributed by atoms with Crippen LogP contribution in [0.3, 0.4) is 0 Å². The van der Waals surface area contributed by atoms with Gasteiger partial charge in [0, 0.05) is 19.3 Å². The van der Waals surface area contributed by atoms with Crippen molar-refractivity contribution in [3.05, 3.63) is 28.7 Å². The van der Waals surface area contributed by atoms with E-state index in [0.717, 1.165) is 35.8 Å². The van der Waals surface area contributed by atoms with Crippen LogP contribution in [0.5, 0.6) is 5.75 Å². The Morgan fingerprint density at radius 2 is 1.86 bits per heavy atom. The highest BCUT2D eigenvalue weighted by Crippen LogP contribution is 2.66. The maximum absolute atomic E-state index is 12.0. The zero-order valence-corrected chi connectivity index (χ0v) is 18.0. The minimum Gasteiger partial charge on any atom is -0.490 e. The Bertz CT molecular complexity index is 800. The highest BCUT2D eigenvalue weighted by atomic mass is 16.5. The molecular formula is C25H37NO2. The van der Waals surface area contributed by atoms with Gasteiger partial charge < -0.3 is 9.30 Å². The summed E-state index contributed by atoms with van der Waals surface area (Å²) in [5, 5.41) is 0. The quantitative estimate of drug-likeness (QED) is 0.669. The number of aromatic nitrogens is 1. The summed E-state index contributed by atoms with van der Waals surface area (Å²) in [7, 11) is 1.79. The molecule has 1 heterocycles. The predicted octanol–water partition coefficient (Wildman–Crippen LogP) is 5.57. The smallest absolute Gasteiger partial charge is 0.253 e. The fraction of sp³-hybridized carbons (Fsp3) is 0.800. The lowest BCUT2D eigenvalue weighted by Gasteiger charge is -2.60. The van der Waals surface area contributed by atoms with Gasteiger partial charge in [-0.05, 0) is 98.4 Å². The molecule has 0 spiro atoms. The van der Waals surface area contributed by atoms with Crippen LogP contribution >= 0.6 is 0 Å². The van der Waals surface area contributed by atoms with Gasteiger partial charge in [0.2, 0.25) is 0 Å². The van der Waals surface area contributed by atoms with Gasteiger partial charge in [0.1, 0.15) is 5.75 Å². The molecule has 0 aromatic carbocycles. The molecule has 154 valence electrons. The first-order chi connectivity index (χ1) is 13.4. The molecule has 28 heavy (non-hydrogen) atoms. The van der Waals surface area contributed by atoms with Gasteiger partial charge in [-0.1, -0.05) is 20.3 Å². The van der Waals surface area contributed by atoms with Gasteiger partial charge in [-0.3, -0.25) is 4.79 Å². The lowest BCUT2D eigenvalue weighted by Crippen LogP contribution is -2.54. The van der Waals surface area contributed by atoms with Gasteiger partial charge in [0.25, 0.3) is 5.56 Å². The molecule has 0 bridgehead atoms. The van der Waals surface area contributed by atoms with E-state index >= 15 is 0 Å². The number of hydrogen-bond donors (Lipinski definition) is 0. The van der Waals surface area contributed by atoms with E-state index in [-0.39, 0.29) is 11.7 Å². The molecule has 4 fully saturated rings. The van der Waals surface area contributed by atoms with Crippen molar-refractivity contribution in [1.29, 1.82) is 0 Å². The molecule has 1 aromatic heterocycles. The van der Waals surface area contributed by atoms with E-state index in [2.05, 4.69) is 13.8 Å². The summed E-state index contributed by atoms with van der Waals surface area (Å²) in [6, 6.07) is 3.60. The van der Waals surface area contributed by atoms with Crippen molar-refractivity contribution in [2.24, 2.45) is 41.5 Å². The highest BCUT2D eigenvalue weighted by Gasteiger charge is 2.58. The van der Waals surface area contributed by atoms with Crippen LogP contribution in [-0.4, -0.2) is 10.7 Å². The second kappa shape index (κ2) is 6.64. The normalized spacial score (nSPS) is 45.0. The lowest BCUT2D eigenvalue weighted by molar-refractivity contribution is -0.121. The van der Waals surface area contributed by atoms with Crippen molar-refractivity contribution in [2.75, 3.05) is 0 Å². The van der Waals surface area contributed by atoms with E-state index < -0.39 is 0 Å². The zero-order chi connectivity index (χ0) is 19.5. The largest absolute Gasteiger partial charge is 0.490 e. The summed E-state index contributed by atoms with van der Waals surface area (Å²) in [6.45, 7) is 5.20. The Morgan fingerprint density at radius 3 is 2.68 bits per heavy atom. The fourth-order valence-corrected chi connectivity index (χ4v) is 8.20. The maximum Gasteiger partial charge on any atom is 0.253 e. The number of ether oxygens (including phenoxy) is 1. The molecule has 5 rings (SSSR count). The molecule has 3 nitrogen and oxygen atoms in total. The monoisotopic (exact) mass is 383 g/mol. The third kappa shape index (κ3) is 2.87. The topological polar surface area (TPSA) is 31.2 Å². The minimum absolute atomic E-state index is 0.0166. The number of nitrogens with zero attached hydrogens (tertiary/aromatic N) is 1. The van der Waals surface area contributed by atoms with Gasteiger partial charge in [-0.2, -0.15) is 0 Å². The lowest BCUT2D eigenvalue weighted by atomic mass is 9.45. The predicted molar refractivity (Wildman–Crippen MR) is 112 cm³/mol. The number of rotatable bonds is 2. The van der Waals surface area contributed by atoms with Crippen LogP contribution in [0.1, 0.15) is 78.1 Å². The molecule has 4 aliphatic rings. The first-order valence-corrected chi connectivity index (χ1v) is 11.7. The summed E-state index contributed by atoms with van der Waals surface area (Å²) in [4.78, 5) is 12.0. The van der Waals surface area contributed by atoms with Crippen LogP contribution in [-0.2, 0) is 7.05 Å². The first kappa shape index (κ1) is 18.8. The van der Waals surface area contributed by atoms with E-state index in [1.54, 1.807) is 17.7 Å². The van der Waals surface area contributed by atoms with Gasteiger partial charge in [0.05, 0.1) is 6.10 Å². The summed E-state index contributed by atoms with van der Waals surface area (Å²) < 4.78 is 7.99.